The highest BCUT2D eigenvalue weighted by Crippen LogP contribution is 2.23. The molecule has 0 amide bonds. The molecule has 0 spiro atoms. The van der Waals surface area contributed by atoms with Crippen LogP contribution in [-0.4, -0.2) is 27.1 Å². The number of pyridine rings is 1. The Morgan fingerprint density at radius 3 is 2.58 bits per heavy atom. The Morgan fingerprint density at radius 2 is 1.96 bits per heavy atom. The molecule has 8 heteroatoms. The van der Waals surface area contributed by atoms with Gasteiger partial charge in [0.1, 0.15) is 12.5 Å². The zero-order valence-corrected chi connectivity index (χ0v) is 12.3. The summed E-state index contributed by atoms with van der Waals surface area (Å²) >= 11 is 0. The molecule has 0 bridgehead atoms. The van der Waals surface area contributed by atoms with Crippen molar-refractivity contribution in [2.24, 2.45) is 0 Å². The summed E-state index contributed by atoms with van der Waals surface area (Å²) in [5.74, 6) is -1.17. The minimum absolute atomic E-state index is 0.0874. The maximum Gasteiger partial charge on any atom is 0.511 e. The Balaban J connectivity index is 2.30. The predicted molar refractivity (Wildman–Crippen MR) is 82.1 cm³/mol. The molecular formula is C16H12F2N2O4. The van der Waals surface area contributed by atoms with Crippen LogP contribution in [0.5, 0.6) is 5.75 Å². The van der Waals surface area contributed by atoms with Gasteiger partial charge in [0.25, 0.3) is 0 Å². The summed E-state index contributed by atoms with van der Waals surface area (Å²) in [5.41, 5.74) is -0.313. The van der Waals surface area contributed by atoms with Crippen molar-refractivity contribution >= 4 is 17.1 Å². The zero-order valence-electron chi connectivity index (χ0n) is 12.3. The van der Waals surface area contributed by atoms with Gasteiger partial charge in [0.15, 0.2) is 5.75 Å². The minimum Gasteiger partial charge on any atom is -0.449 e. The molecule has 3 aromatic rings. The Morgan fingerprint density at radius 1 is 1.25 bits per heavy atom. The van der Waals surface area contributed by atoms with Crippen LogP contribution in [0.4, 0.5) is 13.6 Å². The van der Waals surface area contributed by atoms with Crippen LogP contribution in [0.2, 0.25) is 0 Å². The van der Waals surface area contributed by atoms with E-state index in [1.165, 1.54) is 15.2 Å². The lowest BCUT2D eigenvalue weighted by Gasteiger charge is -2.13. The van der Waals surface area contributed by atoms with Crippen molar-refractivity contribution in [1.29, 1.82) is 0 Å². The van der Waals surface area contributed by atoms with Crippen molar-refractivity contribution in [1.82, 2.24) is 9.13 Å². The summed E-state index contributed by atoms with van der Waals surface area (Å²) in [6.07, 6.45) is 2.69. The molecule has 2 heterocycles. The number of rotatable bonds is 4. The van der Waals surface area contributed by atoms with E-state index in [0.717, 1.165) is 12.3 Å². The van der Waals surface area contributed by atoms with Crippen molar-refractivity contribution in [3.05, 3.63) is 58.9 Å². The fraction of sp³-hybridized carbons (Fsp3) is 0.125. The Hall–Kier alpha value is -3.16. The summed E-state index contributed by atoms with van der Waals surface area (Å²) in [4.78, 5) is 23.0. The van der Waals surface area contributed by atoms with E-state index in [9.17, 15) is 18.4 Å². The van der Waals surface area contributed by atoms with Gasteiger partial charge in [-0.3, -0.25) is 4.79 Å². The molecule has 1 N–H and O–H groups in total. The number of carboxylic acid groups (broad SMARTS) is 1. The van der Waals surface area contributed by atoms with Crippen molar-refractivity contribution in [2.75, 3.05) is 6.67 Å². The highest BCUT2D eigenvalue weighted by Gasteiger charge is 2.16. The Labute approximate surface area is 134 Å². The van der Waals surface area contributed by atoms with Gasteiger partial charge in [0, 0.05) is 12.4 Å². The van der Waals surface area contributed by atoms with E-state index < -0.39 is 29.8 Å². The maximum absolute atomic E-state index is 14.4. The second kappa shape index (κ2) is 6.15. The summed E-state index contributed by atoms with van der Waals surface area (Å²) < 4.78 is 34.4. The fourth-order valence-electron chi connectivity index (χ4n) is 2.51. The average molecular weight is 334 g/mol. The first-order valence-corrected chi connectivity index (χ1v) is 6.98. The first-order chi connectivity index (χ1) is 11.5. The maximum atomic E-state index is 14.4. The molecule has 6 nitrogen and oxygen atoms in total. The van der Waals surface area contributed by atoms with E-state index in [-0.39, 0.29) is 23.1 Å². The normalized spacial score (nSPS) is 10.9. The van der Waals surface area contributed by atoms with Gasteiger partial charge in [-0.15, -0.1) is 0 Å². The SMILES string of the molecule is O=C(O)Oc1cn(CCF)c2cc(-n3cccc3)c(F)cc2c1=O. The topological polar surface area (TPSA) is 73.5 Å². The highest BCUT2D eigenvalue weighted by atomic mass is 19.1. The molecule has 2 aromatic heterocycles. The van der Waals surface area contributed by atoms with E-state index in [2.05, 4.69) is 4.74 Å². The van der Waals surface area contributed by atoms with Gasteiger partial charge in [-0.1, -0.05) is 0 Å². The van der Waals surface area contributed by atoms with Gasteiger partial charge >= 0.3 is 6.16 Å². The quantitative estimate of drug-likeness (QED) is 0.745. The number of fused-ring (bicyclic) bond motifs is 1. The number of halogens is 2. The fourth-order valence-corrected chi connectivity index (χ4v) is 2.51. The standard InChI is InChI=1S/C16H12F2N2O4/c17-3-6-20-9-14(24-16(22)23)15(21)10-7-11(18)13(8-12(10)20)19-4-1-2-5-19/h1-2,4-5,7-9H,3,6H2,(H,22,23). The number of hydrogen-bond donors (Lipinski definition) is 1. The molecule has 24 heavy (non-hydrogen) atoms. The molecule has 0 radical (unpaired) electrons. The number of nitrogens with zero attached hydrogens (tertiary/aromatic N) is 2. The lowest BCUT2D eigenvalue weighted by molar-refractivity contribution is 0.143. The molecule has 0 aliphatic rings. The summed E-state index contributed by atoms with van der Waals surface area (Å²) in [7, 11) is 0. The molecule has 0 aliphatic carbocycles. The molecule has 124 valence electrons. The van der Waals surface area contributed by atoms with Gasteiger partial charge < -0.3 is 19.0 Å². The Kier molecular flexibility index (Phi) is 4.03. The van der Waals surface area contributed by atoms with E-state index in [0.29, 0.717) is 0 Å². The van der Waals surface area contributed by atoms with Crippen molar-refractivity contribution in [2.45, 2.75) is 6.54 Å². The first kappa shape index (κ1) is 15.7. The smallest absolute Gasteiger partial charge is 0.449 e. The van der Waals surface area contributed by atoms with Crippen LogP contribution in [0.1, 0.15) is 0 Å². The van der Waals surface area contributed by atoms with E-state index in [1.54, 1.807) is 24.5 Å². The van der Waals surface area contributed by atoms with Gasteiger partial charge in [-0.05, 0) is 24.3 Å². The van der Waals surface area contributed by atoms with Gasteiger partial charge in [0.05, 0.1) is 29.3 Å². The Bertz CT molecular complexity index is 964. The monoisotopic (exact) mass is 334 g/mol. The molecule has 0 aliphatic heterocycles. The van der Waals surface area contributed by atoms with Gasteiger partial charge in [-0.2, -0.15) is 0 Å². The first-order valence-electron chi connectivity index (χ1n) is 6.98. The third-order valence-electron chi connectivity index (χ3n) is 3.52. The number of ether oxygens (including phenoxy) is 1. The number of hydrogen-bond acceptors (Lipinski definition) is 3. The molecule has 0 unspecified atom stereocenters. The molecule has 0 saturated carbocycles. The van der Waals surface area contributed by atoms with Gasteiger partial charge in [0.2, 0.25) is 5.43 Å². The number of aryl methyl sites for hydroxylation is 1. The van der Waals surface area contributed by atoms with E-state index >= 15 is 0 Å². The predicted octanol–water partition coefficient (Wildman–Crippen LogP) is 2.96. The summed E-state index contributed by atoms with van der Waals surface area (Å²) in [6.45, 7) is -0.885. The van der Waals surface area contributed by atoms with Crippen LogP contribution < -0.4 is 10.2 Å². The third kappa shape index (κ3) is 2.73. The zero-order chi connectivity index (χ0) is 17.3. The van der Waals surface area contributed by atoms with Crippen LogP contribution in [0.3, 0.4) is 0 Å². The van der Waals surface area contributed by atoms with E-state index in [1.807, 2.05) is 0 Å². The molecule has 0 fully saturated rings. The highest BCUT2D eigenvalue weighted by molar-refractivity contribution is 5.83. The van der Waals surface area contributed by atoms with E-state index in [4.69, 9.17) is 5.11 Å². The molecular weight excluding hydrogens is 322 g/mol. The van der Waals surface area contributed by atoms with Crippen molar-refractivity contribution < 1.29 is 23.4 Å². The number of carbonyl (C=O) groups is 1. The second-order valence-electron chi connectivity index (χ2n) is 4.98. The average Bonchev–Trinajstić information content (AvgIpc) is 3.05. The molecule has 1 aromatic carbocycles. The largest absolute Gasteiger partial charge is 0.511 e. The molecule has 0 atom stereocenters. The lowest BCUT2D eigenvalue weighted by Crippen LogP contribution is -2.17. The van der Waals surface area contributed by atoms with Crippen molar-refractivity contribution in [3.8, 4) is 11.4 Å². The minimum atomic E-state index is -1.68. The van der Waals surface area contributed by atoms with Crippen molar-refractivity contribution in [3.63, 3.8) is 0 Å². The summed E-state index contributed by atoms with van der Waals surface area (Å²) in [6, 6.07) is 5.83. The number of aromatic nitrogens is 2. The van der Waals surface area contributed by atoms with Crippen LogP contribution in [0, 0.1) is 5.82 Å². The van der Waals surface area contributed by atoms with Crippen LogP contribution in [0.15, 0.2) is 47.7 Å². The lowest BCUT2D eigenvalue weighted by atomic mass is 10.1. The second-order valence-corrected chi connectivity index (χ2v) is 4.98. The van der Waals surface area contributed by atoms with Crippen LogP contribution >= 0.6 is 0 Å². The molecule has 3 rings (SSSR count). The summed E-state index contributed by atoms with van der Waals surface area (Å²) in [5, 5.41) is 8.60. The number of benzene rings is 1. The van der Waals surface area contributed by atoms with Crippen LogP contribution in [0.25, 0.3) is 16.6 Å². The van der Waals surface area contributed by atoms with Crippen LogP contribution in [-0.2, 0) is 6.54 Å². The van der Waals surface area contributed by atoms with Gasteiger partial charge in [-0.25, -0.2) is 13.6 Å². The molecule has 0 saturated heterocycles. The number of alkyl halides is 1. The third-order valence-corrected chi connectivity index (χ3v) is 3.52.